The number of halogens is 1. The van der Waals surface area contributed by atoms with Gasteiger partial charge in [0.25, 0.3) is 0 Å². The van der Waals surface area contributed by atoms with Gasteiger partial charge in [0, 0.05) is 17.8 Å². The maximum Gasteiger partial charge on any atom is 0.339 e. The number of hydrogen-bond donors (Lipinski definition) is 2. The molecule has 5 heteroatoms. The number of aromatic carboxylic acids is 1. The van der Waals surface area contributed by atoms with Crippen molar-refractivity contribution in [2.24, 2.45) is 0 Å². The van der Waals surface area contributed by atoms with Crippen LogP contribution in [0.25, 0.3) is 0 Å². The number of carboxylic acids is 1. The van der Waals surface area contributed by atoms with Crippen LogP contribution in [0.15, 0.2) is 36.5 Å². The number of carboxylic acid groups (broad SMARTS) is 1. The molecule has 1 heterocycles. The highest BCUT2D eigenvalue weighted by Crippen LogP contribution is 2.20. The maximum absolute atomic E-state index is 11.2. The van der Waals surface area contributed by atoms with Crippen LogP contribution in [0, 0.1) is 6.92 Å². The number of aromatic nitrogens is 1. The molecule has 0 radical (unpaired) electrons. The van der Waals surface area contributed by atoms with E-state index < -0.39 is 5.97 Å². The van der Waals surface area contributed by atoms with Gasteiger partial charge in [0.05, 0.1) is 0 Å². The molecule has 0 aliphatic carbocycles. The maximum atomic E-state index is 11.2. The van der Waals surface area contributed by atoms with Crippen LogP contribution >= 0.6 is 11.6 Å². The number of anilines is 1. The zero-order chi connectivity index (χ0) is 13.8. The Labute approximate surface area is 116 Å². The van der Waals surface area contributed by atoms with E-state index in [0.717, 1.165) is 5.56 Å². The minimum atomic E-state index is -0.993. The van der Waals surface area contributed by atoms with Crippen molar-refractivity contribution in [3.05, 3.63) is 58.2 Å². The van der Waals surface area contributed by atoms with Gasteiger partial charge in [-0.15, -0.1) is 0 Å². The van der Waals surface area contributed by atoms with E-state index in [1.165, 1.54) is 0 Å². The quantitative estimate of drug-likeness (QED) is 0.899. The molecule has 0 spiro atoms. The molecule has 2 rings (SSSR count). The molecule has 4 nitrogen and oxygen atoms in total. The first-order valence-corrected chi connectivity index (χ1v) is 6.13. The number of benzene rings is 1. The van der Waals surface area contributed by atoms with Gasteiger partial charge in [-0.3, -0.25) is 0 Å². The predicted molar refractivity (Wildman–Crippen MR) is 74.7 cm³/mol. The van der Waals surface area contributed by atoms with Crippen LogP contribution in [-0.4, -0.2) is 16.1 Å². The van der Waals surface area contributed by atoms with Crippen LogP contribution in [0.4, 0.5) is 5.82 Å². The fourth-order valence-electron chi connectivity index (χ4n) is 1.78. The number of carbonyl (C=O) groups is 1. The van der Waals surface area contributed by atoms with Gasteiger partial charge < -0.3 is 10.4 Å². The number of aryl methyl sites for hydroxylation is 1. The van der Waals surface area contributed by atoms with Crippen LogP contribution in [0.3, 0.4) is 0 Å². The first-order valence-electron chi connectivity index (χ1n) is 5.75. The van der Waals surface area contributed by atoms with E-state index in [4.69, 9.17) is 11.6 Å². The Morgan fingerprint density at radius 1 is 1.37 bits per heavy atom. The molecule has 0 saturated carbocycles. The van der Waals surface area contributed by atoms with Gasteiger partial charge >= 0.3 is 5.97 Å². The summed E-state index contributed by atoms with van der Waals surface area (Å²) < 4.78 is 0. The molecule has 98 valence electrons. The van der Waals surface area contributed by atoms with Gasteiger partial charge in [-0.2, -0.15) is 0 Å². The van der Waals surface area contributed by atoms with E-state index in [1.54, 1.807) is 25.3 Å². The van der Waals surface area contributed by atoms with Crippen molar-refractivity contribution in [2.75, 3.05) is 5.32 Å². The first kappa shape index (κ1) is 13.4. The number of nitrogens with one attached hydrogen (secondary N) is 1. The molecule has 19 heavy (non-hydrogen) atoms. The van der Waals surface area contributed by atoms with E-state index in [-0.39, 0.29) is 5.56 Å². The van der Waals surface area contributed by atoms with Gasteiger partial charge in [-0.25, -0.2) is 9.78 Å². The second kappa shape index (κ2) is 5.71. The smallest absolute Gasteiger partial charge is 0.339 e. The Kier molecular flexibility index (Phi) is 4.02. The third kappa shape index (κ3) is 3.03. The number of hydrogen-bond acceptors (Lipinski definition) is 3. The molecule has 1 aromatic carbocycles. The zero-order valence-electron chi connectivity index (χ0n) is 10.4. The van der Waals surface area contributed by atoms with E-state index >= 15 is 0 Å². The van der Waals surface area contributed by atoms with E-state index in [0.29, 0.717) is 22.9 Å². The van der Waals surface area contributed by atoms with Crippen molar-refractivity contribution in [2.45, 2.75) is 13.5 Å². The Hall–Kier alpha value is -2.07. The lowest BCUT2D eigenvalue weighted by Crippen LogP contribution is -2.10. The molecule has 0 bridgehead atoms. The minimum absolute atomic E-state index is 0.189. The van der Waals surface area contributed by atoms with Crippen LogP contribution in [0.5, 0.6) is 0 Å². The molecule has 1 aromatic heterocycles. The van der Waals surface area contributed by atoms with Gasteiger partial charge in [0.1, 0.15) is 11.4 Å². The summed E-state index contributed by atoms with van der Waals surface area (Å²) in [6.45, 7) is 2.17. The highest BCUT2D eigenvalue weighted by Gasteiger charge is 2.14. The second-order valence-electron chi connectivity index (χ2n) is 4.10. The van der Waals surface area contributed by atoms with E-state index in [2.05, 4.69) is 10.3 Å². The van der Waals surface area contributed by atoms with Crippen molar-refractivity contribution >= 4 is 23.4 Å². The van der Waals surface area contributed by atoms with Crippen LogP contribution in [-0.2, 0) is 6.54 Å². The van der Waals surface area contributed by atoms with Gasteiger partial charge in [-0.05, 0) is 30.2 Å². The number of rotatable bonds is 4. The molecule has 0 atom stereocenters. The Morgan fingerprint density at radius 2 is 2.11 bits per heavy atom. The van der Waals surface area contributed by atoms with Gasteiger partial charge in [0.2, 0.25) is 0 Å². The monoisotopic (exact) mass is 276 g/mol. The fourth-order valence-corrected chi connectivity index (χ4v) is 1.99. The SMILES string of the molecule is Cc1ccnc(NCc2ccccc2Cl)c1C(=O)O. The predicted octanol–water partition coefficient (Wildman–Crippen LogP) is 3.35. The third-order valence-corrected chi connectivity index (χ3v) is 3.15. The second-order valence-corrected chi connectivity index (χ2v) is 4.51. The van der Waals surface area contributed by atoms with Crippen LogP contribution < -0.4 is 5.32 Å². The fraction of sp³-hybridized carbons (Fsp3) is 0.143. The molecule has 0 aliphatic rings. The van der Waals surface area contributed by atoms with Crippen LogP contribution in [0.1, 0.15) is 21.5 Å². The van der Waals surface area contributed by atoms with Crippen molar-refractivity contribution in [3.8, 4) is 0 Å². The largest absolute Gasteiger partial charge is 0.478 e. The van der Waals surface area contributed by atoms with Crippen LogP contribution in [0.2, 0.25) is 5.02 Å². The molecule has 0 fully saturated rings. The standard InChI is InChI=1S/C14H13ClN2O2/c1-9-6-7-16-13(12(9)14(18)19)17-8-10-4-2-3-5-11(10)15/h2-7H,8H2,1H3,(H,16,17)(H,18,19). The summed E-state index contributed by atoms with van der Waals surface area (Å²) in [5.41, 5.74) is 1.75. The number of nitrogens with zero attached hydrogens (tertiary/aromatic N) is 1. The Morgan fingerprint density at radius 3 is 2.79 bits per heavy atom. The van der Waals surface area contributed by atoms with Crippen molar-refractivity contribution in [3.63, 3.8) is 0 Å². The lowest BCUT2D eigenvalue weighted by Gasteiger charge is -2.11. The summed E-state index contributed by atoms with van der Waals surface area (Å²) in [5, 5.41) is 12.8. The zero-order valence-corrected chi connectivity index (χ0v) is 11.1. The summed E-state index contributed by atoms with van der Waals surface area (Å²) in [5.74, 6) is -0.639. The highest BCUT2D eigenvalue weighted by atomic mass is 35.5. The molecular weight excluding hydrogens is 264 g/mol. The summed E-state index contributed by atoms with van der Waals surface area (Å²) in [7, 11) is 0. The average molecular weight is 277 g/mol. The molecule has 0 unspecified atom stereocenters. The minimum Gasteiger partial charge on any atom is -0.478 e. The Bertz CT molecular complexity index is 614. The van der Waals surface area contributed by atoms with E-state index in [9.17, 15) is 9.90 Å². The summed E-state index contributed by atoms with van der Waals surface area (Å²) in [6.07, 6.45) is 1.58. The summed E-state index contributed by atoms with van der Waals surface area (Å²) in [6, 6.07) is 9.07. The lowest BCUT2D eigenvalue weighted by atomic mass is 10.1. The highest BCUT2D eigenvalue weighted by molar-refractivity contribution is 6.31. The summed E-state index contributed by atoms with van der Waals surface area (Å²) in [4.78, 5) is 15.3. The molecule has 2 N–H and O–H groups in total. The topological polar surface area (TPSA) is 62.2 Å². The van der Waals surface area contributed by atoms with Crippen molar-refractivity contribution in [1.82, 2.24) is 4.98 Å². The summed E-state index contributed by atoms with van der Waals surface area (Å²) >= 11 is 6.05. The first-order chi connectivity index (χ1) is 9.09. The lowest BCUT2D eigenvalue weighted by molar-refractivity contribution is 0.0697. The molecule has 0 aliphatic heterocycles. The average Bonchev–Trinajstić information content (AvgIpc) is 2.37. The number of pyridine rings is 1. The van der Waals surface area contributed by atoms with Gasteiger partial charge in [0.15, 0.2) is 0 Å². The molecular formula is C14H13ClN2O2. The third-order valence-electron chi connectivity index (χ3n) is 2.78. The van der Waals surface area contributed by atoms with E-state index in [1.807, 2.05) is 18.2 Å². The van der Waals surface area contributed by atoms with Crippen molar-refractivity contribution < 1.29 is 9.90 Å². The molecule has 0 saturated heterocycles. The van der Waals surface area contributed by atoms with Crippen molar-refractivity contribution in [1.29, 1.82) is 0 Å². The molecule has 0 amide bonds. The molecule has 2 aromatic rings. The van der Waals surface area contributed by atoms with Gasteiger partial charge in [-0.1, -0.05) is 29.8 Å². The Balaban J connectivity index is 2.23. The normalized spacial score (nSPS) is 10.2.